The van der Waals surface area contributed by atoms with Crippen molar-refractivity contribution in [3.8, 4) is 11.3 Å². The lowest BCUT2D eigenvalue weighted by atomic mass is 9.89. The van der Waals surface area contributed by atoms with E-state index in [1.807, 2.05) is 15.6 Å². The standard InChI is InChI=1S/C28H41N5O/c1-31-18-20-32(21-19-31)27(34)14-8-6-4-2-3-5-7-11-17-33-26(29)22-24-16-15-23-12-9-10-13-25(23)28(24)30-33/h9-10,12-13,22,29H,2-8,11,14-21H2,1H3. The number of aryl methyl sites for hydroxylation is 3. The maximum atomic E-state index is 12.3. The average molecular weight is 464 g/mol. The Morgan fingerprint density at radius 3 is 2.29 bits per heavy atom. The number of hydrogen-bond acceptors (Lipinski definition) is 4. The number of amides is 1. The van der Waals surface area contributed by atoms with E-state index >= 15 is 0 Å². The quantitative estimate of drug-likeness (QED) is 0.502. The second-order valence-corrected chi connectivity index (χ2v) is 10.0. The Labute approximate surface area is 204 Å². The van der Waals surface area contributed by atoms with Gasteiger partial charge in [0, 0.05) is 44.7 Å². The summed E-state index contributed by atoms with van der Waals surface area (Å²) < 4.78 is 1.89. The zero-order valence-electron chi connectivity index (χ0n) is 20.9. The van der Waals surface area contributed by atoms with E-state index in [0.717, 1.165) is 70.5 Å². The molecule has 4 rings (SSSR count). The van der Waals surface area contributed by atoms with Gasteiger partial charge in [-0.3, -0.25) is 10.2 Å². The van der Waals surface area contributed by atoms with E-state index in [1.165, 1.54) is 48.8 Å². The fourth-order valence-electron chi connectivity index (χ4n) is 5.19. The third-order valence-corrected chi connectivity index (χ3v) is 7.42. The number of carbonyl (C=O) groups excluding carboxylic acids is 1. The van der Waals surface area contributed by atoms with Crippen molar-refractivity contribution in [1.82, 2.24) is 19.6 Å². The van der Waals surface area contributed by atoms with E-state index in [0.29, 0.717) is 17.8 Å². The van der Waals surface area contributed by atoms with Crippen LogP contribution >= 0.6 is 0 Å². The summed E-state index contributed by atoms with van der Waals surface area (Å²) in [4.78, 5) is 16.6. The highest BCUT2D eigenvalue weighted by Crippen LogP contribution is 2.30. The molecule has 1 N–H and O–H groups in total. The maximum absolute atomic E-state index is 12.3. The topological polar surface area (TPSA) is 65.2 Å². The largest absolute Gasteiger partial charge is 0.340 e. The third kappa shape index (κ3) is 6.56. The highest BCUT2D eigenvalue weighted by atomic mass is 16.2. The molecule has 0 unspecified atom stereocenters. The lowest BCUT2D eigenvalue weighted by molar-refractivity contribution is -0.132. The number of aromatic nitrogens is 2. The molecule has 1 saturated heterocycles. The predicted molar refractivity (Wildman–Crippen MR) is 137 cm³/mol. The molecule has 0 atom stereocenters. The van der Waals surface area contributed by atoms with Crippen molar-refractivity contribution in [3.05, 3.63) is 46.9 Å². The lowest BCUT2D eigenvalue weighted by Crippen LogP contribution is -2.47. The van der Waals surface area contributed by atoms with Crippen molar-refractivity contribution in [2.24, 2.45) is 0 Å². The first kappa shape index (κ1) is 24.6. The average Bonchev–Trinajstić information content (AvgIpc) is 2.85. The number of rotatable bonds is 11. The fourth-order valence-corrected chi connectivity index (χ4v) is 5.19. The second-order valence-electron chi connectivity index (χ2n) is 10.0. The van der Waals surface area contributed by atoms with Gasteiger partial charge >= 0.3 is 0 Å². The molecule has 2 heterocycles. The van der Waals surface area contributed by atoms with Gasteiger partial charge in [0.15, 0.2) is 0 Å². The molecule has 1 aromatic carbocycles. The smallest absolute Gasteiger partial charge is 0.222 e. The minimum absolute atomic E-state index is 0.346. The van der Waals surface area contributed by atoms with E-state index in [9.17, 15) is 4.79 Å². The van der Waals surface area contributed by atoms with Crippen LogP contribution in [0.2, 0.25) is 0 Å². The van der Waals surface area contributed by atoms with Crippen molar-refractivity contribution in [1.29, 1.82) is 5.41 Å². The summed E-state index contributed by atoms with van der Waals surface area (Å²) in [6, 6.07) is 10.6. The van der Waals surface area contributed by atoms with Crippen LogP contribution in [0.1, 0.15) is 68.9 Å². The highest BCUT2D eigenvalue weighted by Gasteiger charge is 2.19. The number of hydrogen-bond donors (Lipinski definition) is 1. The third-order valence-electron chi connectivity index (χ3n) is 7.42. The number of piperazine rings is 1. The molecule has 0 bridgehead atoms. The Bertz CT molecular complexity index is 1010. The van der Waals surface area contributed by atoms with Gasteiger partial charge in [0.1, 0.15) is 5.49 Å². The van der Waals surface area contributed by atoms with Gasteiger partial charge in [-0.1, -0.05) is 62.8 Å². The summed E-state index contributed by atoms with van der Waals surface area (Å²) in [5.41, 5.74) is 5.43. The molecule has 1 aromatic heterocycles. The Kier molecular flexibility index (Phi) is 8.91. The van der Waals surface area contributed by atoms with Crippen LogP contribution in [-0.2, 0) is 24.2 Å². The maximum Gasteiger partial charge on any atom is 0.222 e. The van der Waals surface area contributed by atoms with Gasteiger partial charge in [-0.2, -0.15) is 5.10 Å². The molecular weight excluding hydrogens is 422 g/mol. The Morgan fingerprint density at radius 1 is 0.882 bits per heavy atom. The Balaban J connectivity index is 1.08. The zero-order chi connectivity index (χ0) is 23.8. The van der Waals surface area contributed by atoms with Crippen molar-refractivity contribution in [2.75, 3.05) is 33.2 Å². The first-order chi connectivity index (χ1) is 16.6. The lowest BCUT2D eigenvalue weighted by Gasteiger charge is -2.32. The SMILES string of the molecule is CN1CCN(C(=O)CCCCCCCCCCn2nc3c(cc2=N)CCc2ccccc2-3)CC1. The Morgan fingerprint density at radius 2 is 1.53 bits per heavy atom. The molecule has 2 aliphatic rings. The van der Waals surface area contributed by atoms with Gasteiger partial charge in [-0.05, 0) is 49.9 Å². The summed E-state index contributed by atoms with van der Waals surface area (Å²) in [5.74, 6) is 0.346. The summed E-state index contributed by atoms with van der Waals surface area (Å²) in [6.45, 7) is 4.61. The summed E-state index contributed by atoms with van der Waals surface area (Å²) >= 11 is 0. The predicted octanol–water partition coefficient (Wildman–Crippen LogP) is 4.41. The van der Waals surface area contributed by atoms with Gasteiger partial charge in [0.25, 0.3) is 0 Å². The zero-order valence-corrected chi connectivity index (χ0v) is 20.9. The van der Waals surface area contributed by atoms with Crippen LogP contribution in [0.25, 0.3) is 11.3 Å². The van der Waals surface area contributed by atoms with E-state index in [2.05, 4.69) is 36.2 Å². The van der Waals surface area contributed by atoms with Gasteiger partial charge in [-0.25, -0.2) is 4.68 Å². The second kappa shape index (κ2) is 12.3. The van der Waals surface area contributed by atoms with Gasteiger partial charge in [-0.15, -0.1) is 0 Å². The van der Waals surface area contributed by atoms with Crippen LogP contribution in [0.4, 0.5) is 0 Å². The van der Waals surface area contributed by atoms with Crippen LogP contribution in [0.15, 0.2) is 30.3 Å². The normalized spacial score (nSPS) is 15.7. The van der Waals surface area contributed by atoms with E-state index in [4.69, 9.17) is 10.5 Å². The molecular formula is C28H41N5O. The number of nitrogens with one attached hydrogen (secondary N) is 1. The summed E-state index contributed by atoms with van der Waals surface area (Å²) in [6.07, 6.45) is 12.2. The number of nitrogens with zero attached hydrogens (tertiary/aromatic N) is 4. The van der Waals surface area contributed by atoms with Crippen molar-refractivity contribution in [3.63, 3.8) is 0 Å². The molecule has 0 saturated carbocycles. The molecule has 0 radical (unpaired) electrons. The number of benzene rings is 1. The van der Waals surface area contributed by atoms with Crippen LogP contribution < -0.4 is 5.49 Å². The van der Waals surface area contributed by atoms with E-state index in [-0.39, 0.29) is 0 Å². The van der Waals surface area contributed by atoms with E-state index < -0.39 is 0 Å². The molecule has 6 heteroatoms. The molecule has 1 amide bonds. The van der Waals surface area contributed by atoms with Crippen molar-refractivity contribution < 1.29 is 4.79 Å². The first-order valence-corrected chi connectivity index (χ1v) is 13.3. The van der Waals surface area contributed by atoms with Crippen LogP contribution in [-0.4, -0.2) is 58.7 Å². The van der Waals surface area contributed by atoms with E-state index in [1.54, 1.807) is 0 Å². The molecule has 2 aromatic rings. The summed E-state index contributed by atoms with van der Waals surface area (Å²) in [7, 11) is 2.12. The van der Waals surface area contributed by atoms with Crippen LogP contribution in [0.5, 0.6) is 0 Å². The molecule has 6 nitrogen and oxygen atoms in total. The number of likely N-dealkylation sites (N-methyl/N-ethyl adjacent to an activating group) is 1. The summed E-state index contributed by atoms with van der Waals surface area (Å²) in [5, 5.41) is 13.3. The van der Waals surface area contributed by atoms with Crippen molar-refractivity contribution >= 4 is 5.91 Å². The van der Waals surface area contributed by atoms with Gasteiger partial charge in [0.2, 0.25) is 5.91 Å². The Hall–Kier alpha value is -2.47. The van der Waals surface area contributed by atoms with Crippen LogP contribution in [0, 0.1) is 5.41 Å². The van der Waals surface area contributed by atoms with Crippen LogP contribution in [0.3, 0.4) is 0 Å². The molecule has 1 aliphatic carbocycles. The monoisotopic (exact) mass is 463 g/mol. The number of unbranched alkanes of at least 4 members (excludes halogenated alkanes) is 7. The van der Waals surface area contributed by atoms with Crippen molar-refractivity contribution in [2.45, 2.75) is 77.2 Å². The number of fused-ring (bicyclic) bond motifs is 3. The molecule has 184 valence electrons. The molecule has 1 aliphatic heterocycles. The minimum Gasteiger partial charge on any atom is -0.340 e. The molecule has 34 heavy (non-hydrogen) atoms. The minimum atomic E-state index is 0.346. The first-order valence-electron chi connectivity index (χ1n) is 13.3. The number of carbonyl (C=O) groups is 1. The van der Waals surface area contributed by atoms with Gasteiger partial charge in [0.05, 0.1) is 5.69 Å². The molecule has 1 fully saturated rings. The highest BCUT2D eigenvalue weighted by molar-refractivity contribution is 5.76. The fraction of sp³-hybridized carbons (Fsp3) is 0.607. The van der Waals surface area contributed by atoms with Gasteiger partial charge < -0.3 is 9.80 Å². The molecule has 0 spiro atoms.